The zero-order valence-electron chi connectivity index (χ0n) is 13.7. The van der Waals surface area contributed by atoms with Gasteiger partial charge in [0.25, 0.3) is 0 Å². The highest BCUT2D eigenvalue weighted by molar-refractivity contribution is 7.92. The van der Waals surface area contributed by atoms with Gasteiger partial charge in [-0.15, -0.1) is 0 Å². The van der Waals surface area contributed by atoms with Crippen LogP contribution in [-0.2, 0) is 14.6 Å². The van der Waals surface area contributed by atoms with E-state index in [1.165, 1.54) is 11.8 Å². The van der Waals surface area contributed by atoms with Gasteiger partial charge in [0, 0.05) is 13.1 Å². The molecule has 0 radical (unpaired) electrons. The molecule has 1 amide bonds. The third-order valence-electron chi connectivity index (χ3n) is 4.40. The fourth-order valence-electron chi connectivity index (χ4n) is 2.72. The average molecular weight is 356 g/mol. The summed E-state index contributed by atoms with van der Waals surface area (Å²) in [7, 11) is -3.98. The van der Waals surface area contributed by atoms with Gasteiger partial charge in [-0.05, 0) is 43.5 Å². The standard InChI is InChI=1S/C16H21FN2O4S/c1-11(20)13-4-3-12(7-14(13)17)24(22,23)8-15(21)19-6-5-16(2,9-18)10-19/h3-4,7H,5-6,8-10,18H2,1-2H3. The number of sulfone groups is 1. The van der Waals surface area contributed by atoms with E-state index in [2.05, 4.69) is 0 Å². The van der Waals surface area contributed by atoms with E-state index in [0.717, 1.165) is 24.6 Å². The van der Waals surface area contributed by atoms with Crippen LogP contribution in [0.5, 0.6) is 0 Å². The summed E-state index contributed by atoms with van der Waals surface area (Å²) >= 11 is 0. The number of nitrogens with two attached hydrogens (primary N) is 1. The van der Waals surface area contributed by atoms with Crippen LogP contribution in [0.1, 0.15) is 30.6 Å². The lowest BCUT2D eigenvalue weighted by atomic mass is 9.90. The first kappa shape index (κ1) is 18.5. The van der Waals surface area contributed by atoms with Gasteiger partial charge < -0.3 is 10.6 Å². The summed E-state index contributed by atoms with van der Waals surface area (Å²) in [4.78, 5) is 24.6. The van der Waals surface area contributed by atoms with E-state index in [4.69, 9.17) is 5.73 Å². The molecular weight excluding hydrogens is 335 g/mol. The number of Topliss-reactive ketones (excluding diaryl/α,β-unsaturated/α-hetero) is 1. The maximum Gasteiger partial charge on any atom is 0.238 e. The Morgan fingerprint density at radius 2 is 2.04 bits per heavy atom. The molecule has 0 aromatic heterocycles. The summed E-state index contributed by atoms with van der Waals surface area (Å²) in [5, 5.41) is 0. The molecule has 1 fully saturated rings. The lowest BCUT2D eigenvalue weighted by Crippen LogP contribution is -2.37. The van der Waals surface area contributed by atoms with Crippen molar-refractivity contribution < 1.29 is 22.4 Å². The Morgan fingerprint density at radius 3 is 2.54 bits per heavy atom. The van der Waals surface area contributed by atoms with Crippen molar-refractivity contribution >= 4 is 21.5 Å². The smallest absolute Gasteiger partial charge is 0.238 e. The summed E-state index contributed by atoms with van der Waals surface area (Å²) in [5.41, 5.74) is 5.30. The highest BCUT2D eigenvalue weighted by Crippen LogP contribution is 2.29. The van der Waals surface area contributed by atoms with Gasteiger partial charge >= 0.3 is 0 Å². The number of rotatable bonds is 5. The third-order valence-corrected chi connectivity index (χ3v) is 5.99. The normalized spacial score (nSPS) is 21.1. The predicted molar refractivity (Wildman–Crippen MR) is 86.8 cm³/mol. The van der Waals surface area contributed by atoms with Crippen LogP contribution in [0.2, 0.25) is 0 Å². The Morgan fingerprint density at radius 1 is 1.38 bits per heavy atom. The van der Waals surface area contributed by atoms with Crippen molar-refractivity contribution in [2.45, 2.75) is 25.2 Å². The van der Waals surface area contributed by atoms with E-state index in [9.17, 15) is 22.4 Å². The van der Waals surface area contributed by atoms with E-state index >= 15 is 0 Å². The minimum absolute atomic E-state index is 0.182. The lowest BCUT2D eigenvalue weighted by molar-refractivity contribution is -0.127. The molecule has 0 aliphatic carbocycles. The quantitative estimate of drug-likeness (QED) is 0.794. The lowest BCUT2D eigenvalue weighted by Gasteiger charge is -2.22. The van der Waals surface area contributed by atoms with Gasteiger partial charge in [0.2, 0.25) is 5.91 Å². The number of carbonyl (C=O) groups excluding carboxylic acids is 2. The first-order valence-electron chi connectivity index (χ1n) is 7.59. The van der Waals surface area contributed by atoms with E-state index in [1.807, 2.05) is 6.92 Å². The monoisotopic (exact) mass is 356 g/mol. The number of carbonyl (C=O) groups is 2. The highest BCUT2D eigenvalue weighted by atomic mass is 32.2. The molecule has 2 rings (SSSR count). The summed E-state index contributed by atoms with van der Waals surface area (Å²) < 4.78 is 38.5. The maximum atomic E-state index is 13.8. The first-order valence-corrected chi connectivity index (χ1v) is 9.24. The molecule has 1 unspecified atom stereocenters. The van der Waals surface area contributed by atoms with Gasteiger partial charge in [-0.3, -0.25) is 9.59 Å². The third kappa shape index (κ3) is 3.81. The topological polar surface area (TPSA) is 97.5 Å². The molecule has 132 valence electrons. The minimum atomic E-state index is -3.98. The summed E-state index contributed by atoms with van der Waals surface area (Å²) in [6.07, 6.45) is 0.719. The van der Waals surface area contributed by atoms with Gasteiger partial charge in [0.15, 0.2) is 15.6 Å². The van der Waals surface area contributed by atoms with Crippen LogP contribution in [0, 0.1) is 11.2 Å². The molecule has 0 saturated carbocycles. The molecule has 2 N–H and O–H groups in total. The van der Waals surface area contributed by atoms with Crippen LogP contribution in [0.4, 0.5) is 4.39 Å². The molecule has 8 heteroatoms. The van der Waals surface area contributed by atoms with E-state index in [-0.39, 0.29) is 15.9 Å². The van der Waals surface area contributed by atoms with E-state index in [0.29, 0.717) is 19.6 Å². The van der Waals surface area contributed by atoms with Crippen molar-refractivity contribution in [3.05, 3.63) is 29.6 Å². The molecule has 1 aromatic rings. The van der Waals surface area contributed by atoms with Crippen LogP contribution < -0.4 is 5.73 Å². The van der Waals surface area contributed by atoms with Crippen LogP contribution >= 0.6 is 0 Å². The Bertz CT molecular complexity index is 778. The average Bonchev–Trinajstić information content (AvgIpc) is 2.90. The molecule has 1 atom stereocenters. The number of hydrogen-bond donors (Lipinski definition) is 1. The zero-order valence-corrected chi connectivity index (χ0v) is 14.5. The number of likely N-dealkylation sites (tertiary alicyclic amines) is 1. The first-order chi connectivity index (χ1) is 11.1. The second kappa shape index (κ2) is 6.60. The van der Waals surface area contributed by atoms with Gasteiger partial charge in [-0.25, -0.2) is 12.8 Å². The Balaban J connectivity index is 2.16. The molecule has 1 aliphatic rings. The maximum absolute atomic E-state index is 13.8. The number of halogens is 1. The molecule has 0 bridgehead atoms. The van der Waals surface area contributed by atoms with E-state index < -0.39 is 33.1 Å². The summed E-state index contributed by atoms with van der Waals surface area (Å²) in [5.74, 6) is -2.66. The molecular formula is C16H21FN2O4S. The second-order valence-corrected chi connectivity index (χ2v) is 8.53. The second-order valence-electron chi connectivity index (χ2n) is 6.54. The predicted octanol–water partition coefficient (Wildman–Crippen LogP) is 0.999. The molecule has 6 nitrogen and oxygen atoms in total. The Hall–Kier alpha value is -1.80. The van der Waals surface area contributed by atoms with Crippen molar-refractivity contribution in [2.75, 3.05) is 25.4 Å². The highest BCUT2D eigenvalue weighted by Gasteiger charge is 2.36. The SMILES string of the molecule is CC(=O)c1ccc(S(=O)(=O)CC(=O)N2CCC(C)(CN)C2)cc1F. The van der Waals surface area contributed by atoms with Gasteiger partial charge in [-0.1, -0.05) is 6.92 Å². The Kier molecular flexibility index (Phi) is 5.10. The van der Waals surface area contributed by atoms with Crippen LogP contribution in [0.3, 0.4) is 0 Å². The van der Waals surface area contributed by atoms with Crippen LogP contribution in [0.25, 0.3) is 0 Å². The van der Waals surface area contributed by atoms with Crippen molar-refractivity contribution in [1.82, 2.24) is 4.90 Å². The summed E-state index contributed by atoms with van der Waals surface area (Å²) in [6, 6.07) is 3.06. The number of ketones is 1. The van der Waals surface area contributed by atoms with Crippen LogP contribution in [0.15, 0.2) is 23.1 Å². The fraction of sp³-hybridized carbons (Fsp3) is 0.500. The van der Waals surface area contributed by atoms with Crippen molar-refractivity contribution in [1.29, 1.82) is 0 Å². The molecule has 1 saturated heterocycles. The number of amides is 1. The number of benzene rings is 1. The van der Waals surface area contributed by atoms with Crippen LogP contribution in [-0.4, -0.2) is 50.4 Å². The number of hydrogen-bond acceptors (Lipinski definition) is 5. The van der Waals surface area contributed by atoms with Crippen molar-refractivity contribution in [2.24, 2.45) is 11.1 Å². The molecule has 1 aromatic carbocycles. The summed E-state index contributed by atoms with van der Waals surface area (Å²) in [6.45, 7) is 4.43. The largest absolute Gasteiger partial charge is 0.341 e. The minimum Gasteiger partial charge on any atom is -0.341 e. The van der Waals surface area contributed by atoms with Crippen molar-refractivity contribution in [3.63, 3.8) is 0 Å². The molecule has 0 spiro atoms. The Labute approximate surface area is 140 Å². The number of nitrogens with zero attached hydrogens (tertiary/aromatic N) is 1. The van der Waals surface area contributed by atoms with Crippen molar-refractivity contribution in [3.8, 4) is 0 Å². The molecule has 1 heterocycles. The van der Waals surface area contributed by atoms with E-state index in [1.54, 1.807) is 0 Å². The molecule has 1 aliphatic heterocycles. The molecule has 24 heavy (non-hydrogen) atoms. The fourth-order valence-corrected chi connectivity index (χ4v) is 3.95. The van der Waals surface area contributed by atoms with Gasteiger partial charge in [0.1, 0.15) is 11.6 Å². The zero-order chi connectivity index (χ0) is 18.1. The van der Waals surface area contributed by atoms with Gasteiger partial charge in [0.05, 0.1) is 10.5 Å². The van der Waals surface area contributed by atoms with Gasteiger partial charge in [-0.2, -0.15) is 0 Å².